The van der Waals surface area contributed by atoms with Crippen LogP contribution in [0.3, 0.4) is 0 Å². The normalized spacial score (nSPS) is 23.8. The first-order chi connectivity index (χ1) is 8.41. The lowest BCUT2D eigenvalue weighted by molar-refractivity contribution is 0.369. The third-order valence-electron chi connectivity index (χ3n) is 4.06. The highest BCUT2D eigenvalue weighted by molar-refractivity contribution is 5.57. The van der Waals surface area contributed by atoms with Crippen LogP contribution in [0.25, 0.3) is 0 Å². The standard InChI is InChI=1S/C16H26N2/c1-12-7-6-8-15(14(12)3)18-11-16(4,5)10-17-9-13(18)2/h6-8,13,17H,9-11H2,1-5H3. The Morgan fingerprint density at radius 3 is 2.72 bits per heavy atom. The van der Waals surface area contributed by atoms with Gasteiger partial charge in [0, 0.05) is 31.4 Å². The number of hydrogen-bond donors (Lipinski definition) is 1. The molecule has 1 fully saturated rings. The van der Waals surface area contributed by atoms with Gasteiger partial charge in [-0.3, -0.25) is 0 Å². The van der Waals surface area contributed by atoms with E-state index in [0.29, 0.717) is 11.5 Å². The molecule has 1 saturated heterocycles. The average Bonchev–Trinajstić information content (AvgIpc) is 2.42. The maximum Gasteiger partial charge on any atom is 0.0401 e. The summed E-state index contributed by atoms with van der Waals surface area (Å²) < 4.78 is 0. The van der Waals surface area contributed by atoms with Gasteiger partial charge in [-0.15, -0.1) is 0 Å². The van der Waals surface area contributed by atoms with Crippen LogP contribution in [0.5, 0.6) is 0 Å². The maximum absolute atomic E-state index is 3.58. The molecule has 1 aliphatic rings. The van der Waals surface area contributed by atoms with Crippen LogP contribution in [0.2, 0.25) is 0 Å². The second kappa shape index (κ2) is 4.93. The van der Waals surface area contributed by atoms with E-state index in [1.54, 1.807) is 0 Å². The number of nitrogens with one attached hydrogen (secondary N) is 1. The zero-order chi connectivity index (χ0) is 13.3. The van der Waals surface area contributed by atoms with E-state index in [2.05, 4.69) is 63.0 Å². The van der Waals surface area contributed by atoms with Gasteiger partial charge in [0.15, 0.2) is 0 Å². The van der Waals surface area contributed by atoms with Gasteiger partial charge in [0.25, 0.3) is 0 Å². The molecule has 1 aliphatic heterocycles. The Hall–Kier alpha value is -1.02. The van der Waals surface area contributed by atoms with Crippen molar-refractivity contribution in [1.29, 1.82) is 0 Å². The van der Waals surface area contributed by atoms with Crippen LogP contribution >= 0.6 is 0 Å². The van der Waals surface area contributed by atoms with Crippen molar-refractivity contribution in [2.45, 2.75) is 40.7 Å². The van der Waals surface area contributed by atoms with E-state index in [1.807, 2.05) is 0 Å². The minimum atomic E-state index is 0.320. The summed E-state index contributed by atoms with van der Waals surface area (Å²) in [4.78, 5) is 2.57. The molecule has 2 nitrogen and oxygen atoms in total. The molecule has 1 heterocycles. The Kier molecular flexibility index (Phi) is 3.67. The highest BCUT2D eigenvalue weighted by Crippen LogP contribution is 2.29. The first-order valence-corrected chi connectivity index (χ1v) is 6.94. The minimum absolute atomic E-state index is 0.320. The lowest BCUT2D eigenvalue weighted by atomic mass is 9.92. The Morgan fingerprint density at radius 2 is 2.00 bits per heavy atom. The zero-order valence-electron chi connectivity index (χ0n) is 12.4. The molecule has 2 heteroatoms. The molecule has 100 valence electrons. The first-order valence-electron chi connectivity index (χ1n) is 6.94. The summed E-state index contributed by atoms with van der Waals surface area (Å²) in [5, 5.41) is 3.58. The van der Waals surface area contributed by atoms with Crippen molar-refractivity contribution in [3.8, 4) is 0 Å². The molecule has 0 aliphatic carbocycles. The highest BCUT2D eigenvalue weighted by Gasteiger charge is 2.29. The lowest BCUT2D eigenvalue weighted by Crippen LogP contribution is -2.40. The van der Waals surface area contributed by atoms with Crippen LogP contribution in [0, 0.1) is 19.3 Å². The van der Waals surface area contributed by atoms with Crippen LogP contribution in [-0.2, 0) is 0 Å². The van der Waals surface area contributed by atoms with Gasteiger partial charge in [-0.1, -0.05) is 26.0 Å². The molecule has 0 spiro atoms. The molecule has 0 amide bonds. The molecule has 1 aromatic carbocycles. The fraction of sp³-hybridized carbons (Fsp3) is 0.625. The Labute approximate surface area is 111 Å². The van der Waals surface area contributed by atoms with Crippen molar-refractivity contribution in [1.82, 2.24) is 5.32 Å². The molecule has 1 unspecified atom stereocenters. The van der Waals surface area contributed by atoms with E-state index in [9.17, 15) is 0 Å². The van der Waals surface area contributed by atoms with Crippen LogP contribution in [-0.4, -0.2) is 25.7 Å². The summed E-state index contributed by atoms with van der Waals surface area (Å²) in [6.45, 7) is 14.7. The van der Waals surface area contributed by atoms with E-state index in [-0.39, 0.29) is 0 Å². The Morgan fingerprint density at radius 1 is 1.28 bits per heavy atom. The topological polar surface area (TPSA) is 15.3 Å². The predicted octanol–water partition coefficient (Wildman–Crippen LogP) is 3.13. The monoisotopic (exact) mass is 246 g/mol. The summed E-state index contributed by atoms with van der Waals surface area (Å²) >= 11 is 0. The number of aryl methyl sites for hydroxylation is 1. The Balaban J connectivity index is 2.37. The summed E-state index contributed by atoms with van der Waals surface area (Å²) in [7, 11) is 0. The first kappa shape index (κ1) is 13.4. The third-order valence-corrected chi connectivity index (χ3v) is 4.06. The minimum Gasteiger partial charge on any atom is -0.367 e. The van der Waals surface area contributed by atoms with E-state index in [0.717, 1.165) is 19.6 Å². The van der Waals surface area contributed by atoms with Crippen LogP contribution in [0.4, 0.5) is 5.69 Å². The molecule has 18 heavy (non-hydrogen) atoms. The molecule has 0 saturated carbocycles. The van der Waals surface area contributed by atoms with E-state index in [4.69, 9.17) is 0 Å². The van der Waals surface area contributed by atoms with Gasteiger partial charge in [0.05, 0.1) is 0 Å². The van der Waals surface area contributed by atoms with Gasteiger partial charge < -0.3 is 10.2 Å². The molecule has 1 aromatic rings. The summed E-state index contributed by atoms with van der Waals surface area (Å²) in [5.74, 6) is 0. The van der Waals surface area contributed by atoms with Crippen molar-refractivity contribution >= 4 is 5.69 Å². The summed E-state index contributed by atoms with van der Waals surface area (Å²) in [5.41, 5.74) is 4.53. The maximum atomic E-state index is 3.58. The van der Waals surface area contributed by atoms with E-state index in [1.165, 1.54) is 16.8 Å². The fourth-order valence-corrected chi connectivity index (χ4v) is 2.77. The second-order valence-corrected chi connectivity index (χ2v) is 6.49. The smallest absolute Gasteiger partial charge is 0.0401 e. The van der Waals surface area contributed by atoms with Crippen molar-refractivity contribution in [2.24, 2.45) is 5.41 Å². The second-order valence-electron chi connectivity index (χ2n) is 6.49. The van der Waals surface area contributed by atoms with Gasteiger partial charge in [-0.05, 0) is 43.4 Å². The van der Waals surface area contributed by atoms with Crippen LogP contribution < -0.4 is 10.2 Å². The molecule has 2 rings (SSSR count). The highest BCUT2D eigenvalue weighted by atomic mass is 15.2. The quantitative estimate of drug-likeness (QED) is 0.819. The molecule has 1 N–H and O–H groups in total. The van der Waals surface area contributed by atoms with Crippen LogP contribution in [0.15, 0.2) is 18.2 Å². The molecule has 0 aromatic heterocycles. The van der Waals surface area contributed by atoms with Gasteiger partial charge in [-0.2, -0.15) is 0 Å². The van der Waals surface area contributed by atoms with E-state index < -0.39 is 0 Å². The number of anilines is 1. The number of nitrogens with zero attached hydrogens (tertiary/aromatic N) is 1. The lowest BCUT2D eigenvalue weighted by Gasteiger charge is -2.35. The number of hydrogen-bond acceptors (Lipinski definition) is 2. The van der Waals surface area contributed by atoms with Gasteiger partial charge in [0.2, 0.25) is 0 Å². The zero-order valence-corrected chi connectivity index (χ0v) is 12.4. The third kappa shape index (κ3) is 2.69. The van der Waals surface area contributed by atoms with Crippen molar-refractivity contribution in [3.05, 3.63) is 29.3 Å². The summed E-state index contributed by atoms with van der Waals surface area (Å²) in [6.07, 6.45) is 0. The molecule has 0 radical (unpaired) electrons. The van der Waals surface area contributed by atoms with Crippen LogP contribution in [0.1, 0.15) is 31.9 Å². The molecule has 1 atom stereocenters. The van der Waals surface area contributed by atoms with Gasteiger partial charge in [0.1, 0.15) is 0 Å². The van der Waals surface area contributed by atoms with Crippen molar-refractivity contribution in [2.75, 3.05) is 24.5 Å². The fourth-order valence-electron chi connectivity index (χ4n) is 2.77. The van der Waals surface area contributed by atoms with Crippen molar-refractivity contribution in [3.63, 3.8) is 0 Å². The number of rotatable bonds is 1. The van der Waals surface area contributed by atoms with E-state index >= 15 is 0 Å². The molecular formula is C16H26N2. The predicted molar refractivity (Wildman–Crippen MR) is 79.4 cm³/mol. The largest absolute Gasteiger partial charge is 0.367 e. The van der Waals surface area contributed by atoms with Gasteiger partial charge >= 0.3 is 0 Å². The molecule has 0 bridgehead atoms. The van der Waals surface area contributed by atoms with Crippen molar-refractivity contribution < 1.29 is 0 Å². The molecular weight excluding hydrogens is 220 g/mol. The average molecular weight is 246 g/mol. The number of benzene rings is 1. The Bertz CT molecular complexity index is 423. The summed E-state index contributed by atoms with van der Waals surface area (Å²) in [6, 6.07) is 7.19. The SMILES string of the molecule is Cc1cccc(N2CC(C)(C)CNCC2C)c1C. The van der Waals surface area contributed by atoms with Gasteiger partial charge in [-0.25, -0.2) is 0 Å².